The van der Waals surface area contributed by atoms with E-state index < -0.39 is 0 Å². The molecule has 1 aromatic rings. The lowest BCUT2D eigenvalue weighted by atomic mass is 9.53. The van der Waals surface area contributed by atoms with Crippen molar-refractivity contribution >= 4 is 17.0 Å². The lowest BCUT2D eigenvalue weighted by molar-refractivity contribution is 0.110. The Bertz CT molecular complexity index is 532. The van der Waals surface area contributed by atoms with Crippen molar-refractivity contribution in [3.8, 4) is 5.75 Å². The van der Waals surface area contributed by atoms with Crippen molar-refractivity contribution in [2.24, 2.45) is 11.8 Å². The topological polar surface area (TPSA) is 23.5 Å². The summed E-state index contributed by atoms with van der Waals surface area (Å²) in [5.74, 6) is 2.12. The minimum atomic E-state index is 0. The Labute approximate surface area is 138 Å². The first-order valence-electron chi connectivity index (χ1n) is 8.20. The fourth-order valence-corrected chi connectivity index (χ4v) is 5.44. The zero-order chi connectivity index (χ0) is 13.7. The highest BCUT2D eigenvalue weighted by Crippen LogP contribution is 2.55. The van der Waals surface area contributed by atoms with Crippen LogP contribution in [0.4, 0.5) is 0 Å². The Morgan fingerprint density at radius 1 is 1.24 bits per heavy atom. The molecule has 0 unspecified atom stereocenters. The number of nitrogens with zero attached hydrogens (tertiary/aromatic N) is 1. The number of likely N-dealkylation sites (tertiary alicyclic amines) is 1. The van der Waals surface area contributed by atoms with Gasteiger partial charge in [-0.05, 0) is 74.4 Å². The molecule has 3 heteroatoms. The molecule has 3 aliphatic rings. The number of hydrogen-bond acceptors (Lipinski definition) is 2. The van der Waals surface area contributed by atoms with Crippen LogP contribution in [0.5, 0.6) is 5.75 Å². The second-order valence-corrected chi connectivity index (χ2v) is 7.33. The van der Waals surface area contributed by atoms with Crippen LogP contribution >= 0.6 is 17.0 Å². The van der Waals surface area contributed by atoms with E-state index in [9.17, 15) is 5.11 Å². The minimum absolute atomic E-state index is 0. The largest absolute Gasteiger partial charge is 0.508 e. The first-order valence-corrected chi connectivity index (χ1v) is 8.20. The molecular formula is C18H26BrNO. The highest BCUT2D eigenvalue weighted by atomic mass is 79.9. The molecule has 2 nitrogen and oxygen atoms in total. The average molecular weight is 352 g/mol. The van der Waals surface area contributed by atoms with Crippen LogP contribution in [0.1, 0.15) is 43.2 Å². The molecule has 1 aliphatic heterocycles. The molecule has 2 bridgehead atoms. The van der Waals surface area contributed by atoms with Gasteiger partial charge < -0.3 is 10.0 Å². The molecule has 4 rings (SSSR count). The van der Waals surface area contributed by atoms with Crippen molar-refractivity contribution in [1.82, 2.24) is 4.90 Å². The van der Waals surface area contributed by atoms with E-state index in [1.165, 1.54) is 62.7 Å². The van der Waals surface area contributed by atoms with E-state index in [1.807, 2.05) is 6.07 Å². The molecule has 0 aromatic heterocycles. The molecule has 21 heavy (non-hydrogen) atoms. The van der Waals surface area contributed by atoms with E-state index in [0.29, 0.717) is 11.2 Å². The standard InChI is InChI=1S/C18H25NO.BrH/c1-19-9-8-18-7-3-2-4-16(18)14(12-19)10-13-5-6-15(20)11-17(13)18;/h5-6,11,14,16,20H,2-4,7-10,12H2,1H3;1H/t14-,16-,18+;/m0./s1. The Morgan fingerprint density at radius 3 is 2.95 bits per heavy atom. The van der Waals surface area contributed by atoms with E-state index in [4.69, 9.17) is 0 Å². The number of rotatable bonds is 0. The highest BCUT2D eigenvalue weighted by Gasteiger charge is 2.50. The van der Waals surface area contributed by atoms with Crippen molar-refractivity contribution in [2.45, 2.75) is 43.9 Å². The van der Waals surface area contributed by atoms with Crippen LogP contribution in [0.15, 0.2) is 18.2 Å². The quantitative estimate of drug-likeness (QED) is 0.765. The number of aromatic hydroxyl groups is 1. The van der Waals surface area contributed by atoms with Gasteiger partial charge in [0, 0.05) is 12.0 Å². The maximum absolute atomic E-state index is 9.98. The van der Waals surface area contributed by atoms with Crippen LogP contribution in [-0.4, -0.2) is 30.1 Å². The molecule has 116 valence electrons. The predicted molar refractivity (Wildman–Crippen MR) is 91.4 cm³/mol. The van der Waals surface area contributed by atoms with E-state index in [-0.39, 0.29) is 17.0 Å². The summed E-state index contributed by atoms with van der Waals surface area (Å²) >= 11 is 0. The summed E-state index contributed by atoms with van der Waals surface area (Å²) in [6.07, 6.45) is 7.99. The van der Waals surface area contributed by atoms with Gasteiger partial charge in [0.05, 0.1) is 0 Å². The van der Waals surface area contributed by atoms with E-state index >= 15 is 0 Å². The Hall–Kier alpha value is -0.540. The van der Waals surface area contributed by atoms with Gasteiger partial charge in [-0.15, -0.1) is 17.0 Å². The van der Waals surface area contributed by atoms with E-state index in [0.717, 1.165) is 11.8 Å². The van der Waals surface area contributed by atoms with E-state index in [1.54, 1.807) is 0 Å². The second-order valence-electron chi connectivity index (χ2n) is 7.33. The predicted octanol–water partition coefficient (Wildman–Crippen LogP) is 3.91. The number of fused-ring (bicyclic) bond motifs is 1. The molecule has 0 spiro atoms. The maximum Gasteiger partial charge on any atom is 0.115 e. The maximum atomic E-state index is 9.98. The second kappa shape index (κ2) is 5.58. The molecule has 1 heterocycles. The van der Waals surface area contributed by atoms with Gasteiger partial charge in [0.25, 0.3) is 0 Å². The van der Waals surface area contributed by atoms with Gasteiger partial charge in [0.1, 0.15) is 5.75 Å². The van der Waals surface area contributed by atoms with Crippen LogP contribution in [0.2, 0.25) is 0 Å². The average Bonchev–Trinajstić information content (AvgIpc) is 2.56. The molecular weight excluding hydrogens is 326 g/mol. The number of hydrogen-bond donors (Lipinski definition) is 1. The van der Waals surface area contributed by atoms with Gasteiger partial charge in [0.15, 0.2) is 0 Å². The normalized spacial score (nSPS) is 35.1. The molecule has 3 atom stereocenters. The van der Waals surface area contributed by atoms with Crippen LogP contribution in [0.3, 0.4) is 0 Å². The van der Waals surface area contributed by atoms with Gasteiger partial charge in [0.2, 0.25) is 0 Å². The molecule has 0 radical (unpaired) electrons. The van der Waals surface area contributed by atoms with Crippen molar-refractivity contribution < 1.29 is 5.11 Å². The third-order valence-electron chi connectivity index (χ3n) is 6.26. The first-order chi connectivity index (χ1) is 9.69. The van der Waals surface area contributed by atoms with Gasteiger partial charge in [-0.1, -0.05) is 18.9 Å². The van der Waals surface area contributed by atoms with Crippen molar-refractivity contribution in [1.29, 1.82) is 0 Å². The smallest absolute Gasteiger partial charge is 0.115 e. The summed E-state index contributed by atoms with van der Waals surface area (Å²) in [4.78, 5) is 2.54. The minimum Gasteiger partial charge on any atom is -0.508 e. The highest BCUT2D eigenvalue weighted by molar-refractivity contribution is 8.93. The van der Waals surface area contributed by atoms with Gasteiger partial charge in [-0.3, -0.25) is 0 Å². The van der Waals surface area contributed by atoms with Gasteiger partial charge in [-0.2, -0.15) is 0 Å². The third kappa shape index (κ3) is 2.33. The molecule has 2 aliphatic carbocycles. The molecule has 1 aromatic carbocycles. The summed E-state index contributed by atoms with van der Waals surface area (Å²) in [5.41, 5.74) is 3.37. The van der Waals surface area contributed by atoms with Gasteiger partial charge in [-0.25, -0.2) is 0 Å². The summed E-state index contributed by atoms with van der Waals surface area (Å²) in [7, 11) is 2.28. The van der Waals surface area contributed by atoms with Crippen molar-refractivity contribution in [2.75, 3.05) is 20.1 Å². The Balaban J connectivity index is 0.00000132. The Kier molecular flexibility index (Phi) is 4.08. The molecule has 1 saturated carbocycles. The number of phenols is 1. The summed E-state index contributed by atoms with van der Waals surface area (Å²) in [6, 6.07) is 6.17. The lowest BCUT2D eigenvalue weighted by Crippen LogP contribution is -2.46. The Morgan fingerprint density at radius 2 is 2.10 bits per heavy atom. The fourth-order valence-electron chi connectivity index (χ4n) is 5.44. The van der Waals surface area contributed by atoms with Crippen molar-refractivity contribution in [3.63, 3.8) is 0 Å². The van der Waals surface area contributed by atoms with Crippen LogP contribution in [-0.2, 0) is 11.8 Å². The zero-order valence-corrected chi connectivity index (χ0v) is 14.6. The zero-order valence-electron chi connectivity index (χ0n) is 12.8. The number of phenolic OH excluding ortho intramolecular Hbond substituents is 1. The third-order valence-corrected chi connectivity index (χ3v) is 6.26. The molecule has 1 N–H and O–H groups in total. The van der Waals surface area contributed by atoms with Crippen molar-refractivity contribution in [3.05, 3.63) is 29.3 Å². The lowest BCUT2D eigenvalue weighted by Gasteiger charge is -2.51. The SMILES string of the molecule is Br.CN1CC[C@]23CCCC[C@H]2[C@@H](Cc2ccc(O)cc23)C1. The first kappa shape index (κ1) is 15.4. The molecule has 2 fully saturated rings. The van der Waals surface area contributed by atoms with Gasteiger partial charge >= 0.3 is 0 Å². The van der Waals surface area contributed by atoms with Crippen LogP contribution < -0.4 is 0 Å². The molecule has 0 amide bonds. The van der Waals surface area contributed by atoms with Crippen LogP contribution in [0, 0.1) is 11.8 Å². The fraction of sp³-hybridized carbons (Fsp3) is 0.667. The summed E-state index contributed by atoms with van der Waals surface area (Å²) in [6.45, 7) is 2.47. The monoisotopic (exact) mass is 351 g/mol. The number of halogens is 1. The number of benzene rings is 1. The molecule has 1 saturated heterocycles. The summed E-state index contributed by atoms with van der Waals surface area (Å²) < 4.78 is 0. The summed E-state index contributed by atoms with van der Waals surface area (Å²) in [5, 5.41) is 9.98. The van der Waals surface area contributed by atoms with Crippen LogP contribution in [0.25, 0.3) is 0 Å². The van der Waals surface area contributed by atoms with E-state index in [2.05, 4.69) is 24.1 Å².